The number of aliphatic hydroxyl groups excluding tert-OH is 1. The van der Waals surface area contributed by atoms with Crippen LogP contribution >= 0.6 is 0 Å². The summed E-state index contributed by atoms with van der Waals surface area (Å²) in [5.74, 6) is -0.347. The number of hydrogen-bond donors (Lipinski definition) is 1. The van der Waals surface area contributed by atoms with Crippen LogP contribution in [0.2, 0.25) is 0 Å². The predicted octanol–water partition coefficient (Wildman–Crippen LogP) is 3.28. The topological polar surface area (TPSA) is 81.3 Å². The Morgan fingerprint density at radius 1 is 0.968 bits per heavy atom. The monoisotopic (exact) mass is 418 g/mol. The van der Waals surface area contributed by atoms with E-state index in [0.717, 1.165) is 24.8 Å². The average Bonchev–Trinajstić information content (AvgIpc) is 2.82. The number of nitrogens with zero attached hydrogens (tertiary/aromatic N) is 2. The molecule has 6 nitrogen and oxygen atoms in total. The molecule has 0 saturated heterocycles. The molecule has 31 heavy (non-hydrogen) atoms. The van der Waals surface area contributed by atoms with E-state index in [1.165, 1.54) is 16.6 Å². The smallest absolute Gasteiger partial charge is 0.331 e. The third-order valence-corrected chi connectivity index (χ3v) is 5.93. The number of allylic oxidation sites excluding steroid dienone is 2. The third kappa shape index (κ3) is 4.44. The third-order valence-electron chi connectivity index (χ3n) is 5.93. The van der Waals surface area contributed by atoms with E-state index in [4.69, 9.17) is 5.11 Å². The van der Waals surface area contributed by atoms with Crippen molar-refractivity contribution < 1.29 is 9.90 Å². The van der Waals surface area contributed by atoms with Crippen molar-refractivity contribution >= 4 is 16.7 Å². The van der Waals surface area contributed by atoms with Gasteiger partial charge in [-0.1, -0.05) is 48.0 Å². The van der Waals surface area contributed by atoms with Crippen molar-refractivity contribution in [2.24, 2.45) is 0 Å². The number of aromatic nitrogens is 2. The fourth-order valence-electron chi connectivity index (χ4n) is 4.18. The lowest BCUT2D eigenvalue weighted by Gasteiger charge is -2.16. The molecular weight excluding hydrogens is 392 g/mol. The van der Waals surface area contributed by atoms with Crippen LogP contribution in [0.5, 0.6) is 0 Å². The molecule has 2 aromatic carbocycles. The number of fused-ring (bicyclic) bond motifs is 1. The molecule has 1 aliphatic carbocycles. The Kier molecular flexibility index (Phi) is 6.28. The Morgan fingerprint density at radius 3 is 2.45 bits per heavy atom. The molecule has 0 amide bonds. The van der Waals surface area contributed by atoms with Gasteiger partial charge in [0.25, 0.3) is 5.56 Å². The molecule has 0 radical (unpaired) electrons. The molecule has 0 spiro atoms. The Hall–Kier alpha value is -3.25. The predicted molar refractivity (Wildman–Crippen MR) is 121 cm³/mol. The molecular formula is C25H26N2O4. The van der Waals surface area contributed by atoms with Crippen LogP contribution in [0.1, 0.15) is 48.0 Å². The second-order valence-corrected chi connectivity index (χ2v) is 7.98. The largest absolute Gasteiger partial charge is 0.388 e. The lowest BCUT2D eigenvalue weighted by Crippen LogP contribution is -2.40. The van der Waals surface area contributed by atoms with Crippen LogP contribution in [0.15, 0.2) is 69.8 Å². The molecule has 6 heteroatoms. The first-order chi connectivity index (χ1) is 15.1. The van der Waals surface area contributed by atoms with E-state index in [2.05, 4.69) is 6.08 Å². The number of hydrogen-bond acceptors (Lipinski definition) is 4. The average molecular weight is 418 g/mol. The van der Waals surface area contributed by atoms with Crippen LogP contribution < -0.4 is 11.2 Å². The first-order valence-corrected chi connectivity index (χ1v) is 10.7. The number of ketones is 1. The number of rotatable bonds is 7. The number of carbonyl (C=O) groups is 1. The summed E-state index contributed by atoms with van der Waals surface area (Å²) >= 11 is 0. The van der Waals surface area contributed by atoms with Crippen molar-refractivity contribution in [2.75, 3.05) is 6.61 Å². The fraction of sp³-hybridized carbons (Fsp3) is 0.320. The highest BCUT2D eigenvalue weighted by atomic mass is 16.3. The molecule has 4 rings (SSSR count). The molecule has 1 heterocycles. The van der Waals surface area contributed by atoms with Gasteiger partial charge in [0.15, 0.2) is 5.78 Å². The molecule has 1 N–H and O–H groups in total. The second kappa shape index (κ2) is 9.27. The maximum Gasteiger partial charge on any atom is 0.331 e. The fourth-order valence-corrected chi connectivity index (χ4v) is 4.18. The quantitative estimate of drug-likeness (QED) is 0.472. The van der Waals surface area contributed by atoms with Crippen molar-refractivity contribution in [2.45, 2.75) is 45.2 Å². The van der Waals surface area contributed by atoms with Crippen LogP contribution in [-0.2, 0) is 13.1 Å². The van der Waals surface area contributed by atoms with Gasteiger partial charge in [0.05, 0.1) is 17.4 Å². The van der Waals surface area contributed by atoms with Gasteiger partial charge in [-0.15, -0.1) is 0 Å². The summed E-state index contributed by atoms with van der Waals surface area (Å²) in [5.41, 5.74) is 2.60. The highest BCUT2D eigenvalue weighted by Gasteiger charge is 2.14. The van der Waals surface area contributed by atoms with E-state index in [1.54, 1.807) is 41.0 Å². The minimum absolute atomic E-state index is 0.253. The van der Waals surface area contributed by atoms with Crippen LogP contribution in [0.3, 0.4) is 0 Å². The van der Waals surface area contributed by atoms with Crippen molar-refractivity contribution in [3.05, 3.63) is 92.1 Å². The zero-order valence-corrected chi connectivity index (χ0v) is 17.4. The highest BCUT2D eigenvalue weighted by Crippen LogP contribution is 2.20. The van der Waals surface area contributed by atoms with Crippen molar-refractivity contribution in [3.63, 3.8) is 0 Å². The minimum Gasteiger partial charge on any atom is -0.388 e. The van der Waals surface area contributed by atoms with Gasteiger partial charge in [0.2, 0.25) is 0 Å². The van der Waals surface area contributed by atoms with E-state index >= 15 is 0 Å². The molecule has 1 aliphatic rings. The number of benzene rings is 2. The van der Waals surface area contributed by atoms with Crippen LogP contribution in [0, 0.1) is 0 Å². The van der Waals surface area contributed by atoms with Crippen molar-refractivity contribution in [1.82, 2.24) is 9.13 Å². The molecule has 0 saturated carbocycles. The summed E-state index contributed by atoms with van der Waals surface area (Å²) in [6.07, 6.45) is 7.43. The molecule has 0 atom stereocenters. The van der Waals surface area contributed by atoms with E-state index in [9.17, 15) is 14.4 Å². The Labute approximate surface area is 180 Å². The summed E-state index contributed by atoms with van der Waals surface area (Å²) in [5, 5.41) is 9.54. The van der Waals surface area contributed by atoms with Gasteiger partial charge in [-0.25, -0.2) is 4.79 Å². The van der Waals surface area contributed by atoms with Gasteiger partial charge in [0.1, 0.15) is 6.61 Å². The first-order valence-electron chi connectivity index (χ1n) is 10.7. The summed E-state index contributed by atoms with van der Waals surface area (Å²) < 4.78 is 2.97. The zero-order valence-electron chi connectivity index (χ0n) is 17.4. The van der Waals surface area contributed by atoms with Gasteiger partial charge in [0, 0.05) is 12.1 Å². The Morgan fingerprint density at radius 2 is 1.74 bits per heavy atom. The van der Waals surface area contributed by atoms with Gasteiger partial charge in [-0.3, -0.25) is 18.7 Å². The summed E-state index contributed by atoms with van der Waals surface area (Å²) in [6.45, 7) is 0.124. The molecule has 0 unspecified atom stereocenters. The van der Waals surface area contributed by atoms with E-state index in [0.29, 0.717) is 29.4 Å². The van der Waals surface area contributed by atoms with Gasteiger partial charge in [-0.05, 0) is 49.8 Å². The molecule has 0 aliphatic heterocycles. The number of para-hydroxylation sites is 1. The van der Waals surface area contributed by atoms with Crippen LogP contribution in [0.4, 0.5) is 0 Å². The standard InChI is InChI=1S/C25H26N2O4/c28-17-23(29)20-12-10-19(11-13-20)16-27-22-9-5-4-8-21(22)24(30)26(25(27)31)15-14-18-6-2-1-3-7-18/h4-6,8-13,28H,1-3,7,14-17H2. The second-order valence-electron chi connectivity index (χ2n) is 7.98. The maximum atomic E-state index is 13.3. The van der Waals surface area contributed by atoms with Crippen molar-refractivity contribution in [3.8, 4) is 0 Å². The molecule has 1 aromatic heterocycles. The van der Waals surface area contributed by atoms with Gasteiger partial charge in [-0.2, -0.15) is 0 Å². The maximum absolute atomic E-state index is 13.3. The van der Waals surface area contributed by atoms with Crippen LogP contribution in [-0.4, -0.2) is 26.6 Å². The summed E-state index contributed by atoms with van der Waals surface area (Å²) in [7, 11) is 0. The first kappa shape index (κ1) is 21.0. The number of Topliss-reactive ketones (excluding diaryl/α,β-unsaturated/α-hetero) is 1. The number of carbonyl (C=O) groups excluding carboxylic acids is 1. The lowest BCUT2D eigenvalue weighted by atomic mass is 9.97. The van der Waals surface area contributed by atoms with Gasteiger partial charge < -0.3 is 5.11 Å². The molecule has 160 valence electrons. The Balaban J connectivity index is 1.72. The summed E-state index contributed by atoms with van der Waals surface area (Å²) in [6, 6.07) is 14.0. The summed E-state index contributed by atoms with van der Waals surface area (Å²) in [4.78, 5) is 38.0. The molecule has 3 aromatic rings. The number of aliphatic hydroxyl groups is 1. The minimum atomic E-state index is -0.537. The normalized spacial score (nSPS) is 13.9. The lowest BCUT2D eigenvalue weighted by molar-refractivity contribution is 0.0903. The van der Waals surface area contributed by atoms with Gasteiger partial charge >= 0.3 is 5.69 Å². The SMILES string of the molecule is O=C(CO)c1ccc(Cn2c(=O)n(CCC3=CCCCC3)c(=O)c3ccccc32)cc1. The Bertz CT molecular complexity index is 1250. The molecule has 0 bridgehead atoms. The van der Waals surface area contributed by atoms with Crippen LogP contribution in [0.25, 0.3) is 10.9 Å². The van der Waals surface area contributed by atoms with E-state index < -0.39 is 6.61 Å². The highest BCUT2D eigenvalue weighted by molar-refractivity contribution is 5.96. The zero-order chi connectivity index (χ0) is 21.8. The van der Waals surface area contributed by atoms with E-state index in [-0.39, 0.29) is 23.6 Å². The van der Waals surface area contributed by atoms with E-state index in [1.807, 2.05) is 12.1 Å². The van der Waals surface area contributed by atoms with Crippen molar-refractivity contribution in [1.29, 1.82) is 0 Å². The molecule has 0 fully saturated rings.